The molecule has 1 aromatic heterocycles. The predicted octanol–water partition coefficient (Wildman–Crippen LogP) is 4.55. The topological polar surface area (TPSA) is 28.2 Å². The van der Waals surface area contributed by atoms with Crippen LogP contribution in [0.5, 0.6) is 0 Å². The Morgan fingerprint density at radius 2 is 1.81 bits per heavy atom. The molecule has 0 bridgehead atoms. The lowest BCUT2D eigenvalue weighted by molar-refractivity contribution is -0.137. The molecule has 21 heavy (non-hydrogen) atoms. The molecule has 0 atom stereocenters. The molecule has 1 rings (SSSR count). The van der Waals surface area contributed by atoms with Gasteiger partial charge in [0, 0.05) is 19.1 Å². The van der Waals surface area contributed by atoms with Crippen LogP contribution in [0.15, 0.2) is 12.1 Å². The maximum Gasteiger partial charge on any atom is 0.416 e. The maximum absolute atomic E-state index is 13.0. The summed E-state index contributed by atoms with van der Waals surface area (Å²) in [6, 6.07) is 2.17. The molecule has 1 heterocycles. The van der Waals surface area contributed by atoms with Gasteiger partial charge >= 0.3 is 6.18 Å². The molecule has 0 saturated heterocycles. The molecule has 0 saturated carbocycles. The van der Waals surface area contributed by atoms with Gasteiger partial charge in [-0.05, 0) is 38.8 Å². The molecule has 0 amide bonds. The third-order valence-corrected chi connectivity index (χ3v) is 3.81. The standard InChI is InChI=1S/C15H24F3N3/c1-6-8-19-12-9-11(15(16,17)18)10-13(20-12)21(5)14(3,4)7-2/h9-10H,6-8H2,1-5H3,(H,19,20). The van der Waals surface area contributed by atoms with Gasteiger partial charge in [-0.25, -0.2) is 4.98 Å². The molecule has 0 aliphatic carbocycles. The number of hydrogen-bond acceptors (Lipinski definition) is 3. The summed E-state index contributed by atoms with van der Waals surface area (Å²) in [6.07, 6.45) is -2.75. The second kappa shape index (κ2) is 6.54. The zero-order valence-corrected chi connectivity index (χ0v) is 13.3. The number of anilines is 2. The van der Waals surface area contributed by atoms with Crippen molar-refractivity contribution < 1.29 is 13.2 Å². The van der Waals surface area contributed by atoms with E-state index in [-0.39, 0.29) is 11.4 Å². The van der Waals surface area contributed by atoms with Crippen molar-refractivity contribution >= 4 is 11.6 Å². The van der Waals surface area contributed by atoms with Crippen LogP contribution >= 0.6 is 0 Å². The van der Waals surface area contributed by atoms with Crippen LogP contribution in [0, 0.1) is 0 Å². The van der Waals surface area contributed by atoms with Gasteiger partial charge in [0.15, 0.2) is 0 Å². The molecule has 120 valence electrons. The van der Waals surface area contributed by atoms with Crippen molar-refractivity contribution in [2.75, 3.05) is 23.8 Å². The smallest absolute Gasteiger partial charge is 0.370 e. The molecule has 0 aliphatic rings. The summed E-state index contributed by atoms with van der Waals surface area (Å²) in [5, 5.41) is 2.93. The SMILES string of the molecule is CCCNc1cc(C(F)(F)F)cc(N(C)C(C)(C)CC)n1. The Morgan fingerprint density at radius 1 is 1.19 bits per heavy atom. The average Bonchev–Trinajstić information content (AvgIpc) is 2.42. The van der Waals surface area contributed by atoms with Crippen LogP contribution in [0.2, 0.25) is 0 Å². The van der Waals surface area contributed by atoms with Gasteiger partial charge in [-0.1, -0.05) is 13.8 Å². The number of pyridine rings is 1. The van der Waals surface area contributed by atoms with Crippen LogP contribution in [-0.2, 0) is 6.18 Å². The number of nitrogens with one attached hydrogen (secondary N) is 1. The summed E-state index contributed by atoms with van der Waals surface area (Å²) in [4.78, 5) is 6.10. The van der Waals surface area contributed by atoms with Crippen LogP contribution in [0.25, 0.3) is 0 Å². The van der Waals surface area contributed by atoms with Crippen LogP contribution in [0.3, 0.4) is 0 Å². The molecule has 0 aliphatic heterocycles. The summed E-state index contributed by atoms with van der Waals surface area (Å²) in [6.45, 7) is 8.50. The number of halogens is 3. The minimum atomic E-state index is -4.38. The fourth-order valence-corrected chi connectivity index (χ4v) is 1.74. The van der Waals surface area contributed by atoms with Gasteiger partial charge in [-0.3, -0.25) is 0 Å². The number of hydrogen-bond donors (Lipinski definition) is 1. The fourth-order valence-electron chi connectivity index (χ4n) is 1.74. The molecule has 0 radical (unpaired) electrons. The highest BCUT2D eigenvalue weighted by Crippen LogP contribution is 2.34. The van der Waals surface area contributed by atoms with E-state index in [1.165, 1.54) is 0 Å². The Morgan fingerprint density at radius 3 is 2.29 bits per heavy atom. The first-order chi connectivity index (χ1) is 9.61. The van der Waals surface area contributed by atoms with Gasteiger partial charge in [0.05, 0.1) is 5.56 Å². The van der Waals surface area contributed by atoms with Crippen molar-refractivity contribution in [3.63, 3.8) is 0 Å². The van der Waals surface area contributed by atoms with Crippen molar-refractivity contribution in [1.82, 2.24) is 4.98 Å². The first-order valence-corrected chi connectivity index (χ1v) is 7.18. The maximum atomic E-state index is 13.0. The van der Waals surface area contributed by atoms with Crippen molar-refractivity contribution in [2.45, 2.75) is 52.3 Å². The van der Waals surface area contributed by atoms with E-state index >= 15 is 0 Å². The second-order valence-electron chi connectivity index (χ2n) is 5.75. The Bertz CT molecular complexity index is 470. The third kappa shape index (κ3) is 4.51. The van der Waals surface area contributed by atoms with Gasteiger partial charge in [-0.2, -0.15) is 13.2 Å². The molecule has 1 N–H and O–H groups in total. The summed E-state index contributed by atoms with van der Waals surface area (Å²) < 4.78 is 39.1. The minimum absolute atomic E-state index is 0.264. The van der Waals surface area contributed by atoms with E-state index in [1.807, 2.05) is 27.7 Å². The lowest BCUT2D eigenvalue weighted by atomic mass is 10.00. The first-order valence-electron chi connectivity index (χ1n) is 7.18. The van der Waals surface area contributed by atoms with Crippen LogP contribution in [-0.4, -0.2) is 24.1 Å². The Kier molecular flexibility index (Phi) is 5.48. The van der Waals surface area contributed by atoms with Crippen LogP contribution in [0.4, 0.5) is 24.8 Å². The van der Waals surface area contributed by atoms with E-state index in [1.54, 1.807) is 11.9 Å². The molecule has 0 fully saturated rings. The number of aromatic nitrogens is 1. The molecular formula is C15H24F3N3. The third-order valence-electron chi connectivity index (χ3n) is 3.81. The summed E-state index contributed by atoms with van der Waals surface area (Å²) >= 11 is 0. The minimum Gasteiger partial charge on any atom is -0.370 e. The largest absolute Gasteiger partial charge is 0.416 e. The highest BCUT2D eigenvalue weighted by molar-refractivity contribution is 5.52. The molecule has 6 heteroatoms. The highest BCUT2D eigenvalue weighted by atomic mass is 19.4. The molecular weight excluding hydrogens is 279 g/mol. The monoisotopic (exact) mass is 303 g/mol. The van der Waals surface area contributed by atoms with Crippen LogP contribution < -0.4 is 10.2 Å². The molecule has 0 aromatic carbocycles. The van der Waals surface area contributed by atoms with E-state index < -0.39 is 11.7 Å². The Labute approximate surface area is 124 Å². The van der Waals surface area contributed by atoms with E-state index in [2.05, 4.69) is 10.3 Å². The van der Waals surface area contributed by atoms with Gasteiger partial charge in [0.25, 0.3) is 0 Å². The predicted molar refractivity (Wildman–Crippen MR) is 80.8 cm³/mol. The quantitative estimate of drug-likeness (QED) is 0.836. The second-order valence-corrected chi connectivity index (χ2v) is 5.75. The lowest BCUT2D eigenvalue weighted by Crippen LogP contribution is -2.41. The zero-order valence-electron chi connectivity index (χ0n) is 13.3. The Balaban J connectivity index is 3.24. The van der Waals surface area contributed by atoms with Gasteiger partial charge < -0.3 is 10.2 Å². The van der Waals surface area contributed by atoms with Crippen molar-refractivity contribution in [2.24, 2.45) is 0 Å². The first kappa shape index (κ1) is 17.6. The van der Waals surface area contributed by atoms with Crippen LogP contribution in [0.1, 0.15) is 46.1 Å². The fraction of sp³-hybridized carbons (Fsp3) is 0.667. The Hall–Kier alpha value is -1.46. The van der Waals surface area contributed by atoms with E-state index in [4.69, 9.17) is 0 Å². The molecule has 3 nitrogen and oxygen atoms in total. The van der Waals surface area contributed by atoms with Crippen molar-refractivity contribution in [1.29, 1.82) is 0 Å². The molecule has 0 spiro atoms. The number of rotatable bonds is 6. The van der Waals surface area contributed by atoms with E-state index in [9.17, 15) is 13.2 Å². The number of nitrogens with zero attached hydrogens (tertiary/aromatic N) is 2. The van der Waals surface area contributed by atoms with Gasteiger partial charge in [-0.15, -0.1) is 0 Å². The van der Waals surface area contributed by atoms with Crippen molar-refractivity contribution in [3.05, 3.63) is 17.7 Å². The van der Waals surface area contributed by atoms with Gasteiger partial charge in [0.1, 0.15) is 11.6 Å². The lowest BCUT2D eigenvalue weighted by Gasteiger charge is -2.36. The van der Waals surface area contributed by atoms with E-state index in [0.717, 1.165) is 25.0 Å². The summed E-state index contributed by atoms with van der Waals surface area (Å²) in [5.41, 5.74) is -0.941. The highest BCUT2D eigenvalue weighted by Gasteiger charge is 2.33. The average molecular weight is 303 g/mol. The molecule has 1 aromatic rings. The zero-order chi connectivity index (χ0) is 16.3. The van der Waals surface area contributed by atoms with Crippen molar-refractivity contribution in [3.8, 4) is 0 Å². The normalized spacial score (nSPS) is 12.4. The van der Waals surface area contributed by atoms with E-state index in [0.29, 0.717) is 12.4 Å². The molecule has 0 unspecified atom stereocenters. The summed E-state index contributed by atoms with van der Waals surface area (Å²) in [5.74, 6) is 0.593. The number of alkyl halides is 3. The summed E-state index contributed by atoms with van der Waals surface area (Å²) in [7, 11) is 1.77. The van der Waals surface area contributed by atoms with Gasteiger partial charge in [0.2, 0.25) is 0 Å².